The van der Waals surface area contributed by atoms with E-state index in [4.69, 9.17) is 4.99 Å². The molecular weight excluding hydrogens is 380 g/mol. The van der Waals surface area contributed by atoms with Crippen LogP contribution in [-0.4, -0.2) is 87.8 Å². The van der Waals surface area contributed by atoms with Crippen LogP contribution in [-0.2, 0) is 17.8 Å². The Morgan fingerprint density at radius 3 is 2.63 bits per heavy atom. The van der Waals surface area contributed by atoms with Crippen molar-refractivity contribution in [2.75, 3.05) is 39.3 Å². The number of piperazine rings is 1. The zero-order chi connectivity index (χ0) is 21.3. The van der Waals surface area contributed by atoms with Crippen LogP contribution in [0.5, 0.6) is 0 Å². The highest BCUT2D eigenvalue weighted by atomic mass is 16.2. The van der Waals surface area contributed by atoms with E-state index in [2.05, 4.69) is 42.1 Å². The maximum atomic E-state index is 12.1. The van der Waals surface area contributed by atoms with Crippen LogP contribution in [0.1, 0.15) is 52.3 Å². The van der Waals surface area contributed by atoms with Crippen LogP contribution < -0.4 is 10.6 Å². The Labute approximate surface area is 180 Å². The minimum Gasteiger partial charge on any atom is -0.354 e. The molecular formula is C21H38N8O. The molecule has 1 aliphatic heterocycles. The second-order valence-corrected chi connectivity index (χ2v) is 8.61. The summed E-state index contributed by atoms with van der Waals surface area (Å²) in [6.07, 6.45) is 7.71. The molecule has 9 heteroatoms. The quantitative estimate of drug-likeness (QED) is 0.481. The molecule has 2 fully saturated rings. The van der Waals surface area contributed by atoms with E-state index in [0.717, 1.165) is 50.9 Å². The van der Waals surface area contributed by atoms with Crippen LogP contribution in [0.2, 0.25) is 0 Å². The van der Waals surface area contributed by atoms with E-state index in [0.29, 0.717) is 19.1 Å². The third-order valence-corrected chi connectivity index (χ3v) is 5.79. The highest BCUT2D eigenvalue weighted by Gasteiger charge is 2.24. The van der Waals surface area contributed by atoms with E-state index in [1.165, 1.54) is 25.7 Å². The predicted molar refractivity (Wildman–Crippen MR) is 118 cm³/mol. The van der Waals surface area contributed by atoms with Crippen molar-refractivity contribution in [1.82, 2.24) is 35.2 Å². The summed E-state index contributed by atoms with van der Waals surface area (Å²) in [5.74, 6) is 2.13. The van der Waals surface area contributed by atoms with Crippen molar-refractivity contribution in [3.8, 4) is 0 Å². The molecule has 0 unspecified atom stereocenters. The number of carbonyl (C=O) groups excluding carboxylic acids is 1. The summed E-state index contributed by atoms with van der Waals surface area (Å²) in [7, 11) is 0. The van der Waals surface area contributed by atoms with Crippen LogP contribution >= 0.6 is 0 Å². The molecule has 0 aromatic carbocycles. The standard InChI is InChI=1S/C21H38N8O/c1-4-19-26-23-16-29(19)10-9-22-21(25-18-7-5-6-8-18)28-13-11-27(12-14-28)15-20(30)24-17(2)3/h16-18H,4-15H2,1-3H3,(H,22,25)(H,24,30). The number of aryl methyl sites for hydroxylation is 1. The van der Waals surface area contributed by atoms with E-state index in [-0.39, 0.29) is 11.9 Å². The summed E-state index contributed by atoms with van der Waals surface area (Å²) in [6, 6.07) is 0.715. The van der Waals surface area contributed by atoms with Crippen molar-refractivity contribution < 1.29 is 4.79 Å². The molecule has 1 saturated heterocycles. The van der Waals surface area contributed by atoms with Crippen LogP contribution in [0.15, 0.2) is 11.3 Å². The van der Waals surface area contributed by atoms with Gasteiger partial charge >= 0.3 is 0 Å². The molecule has 1 amide bonds. The number of aliphatic imine (C=N–C) groups is 1. The number of nitrogens with one attached hydrogen (secondary N) is 2. The maximum Gasteiger partial charge on any atom is 0.234 e. The summed E-state index contributed by atoms with van der Waals surface area (Å²) >= 11 is 0. The van der Waals surface area contributed by atoms with Crippen LogP contribution in [0, 0.1) is 0 Å². The first-order valence-corrected chi connectivity index (χ1v) is 11.5. The van der Waals surface area contributed by atoms with E-state index in [1.807, 2.05) is 13.8 Å². The van der Waals surface area contributed by atoms with Gasteiger partial charge in [0.1, 0.15) is 12.2 Å². The van der Waals surface area contributed by atoms with Crippen LogP contribution in [0.3, 0.4) is 0 Å². The van der Waals surface area contributed by atoms with Gasteiger partial charge in [-0.2, -0.15) is 0 Å². The lowest BCUT2D eigenvalue weighted by molar-refractivity contribution is -0.123. The summed E-state index contributed by atoms with van der Waals surface area (Å²) in [5, 5.41) is 14.9. The van der Waals surface area contributed by atoms with Gasteiger partial charge < -0.3 is 20.1 Å². The van der Waals surface area contributed by atoms with Gasteiger partial charge in [-0.1, -0.05) is 19.8 Å². The van der Waals surface area contributed by atoms with E-state index in [1.54, 1.807) is 6.33 Å². The number of rotatable bonds is 8. The number of guanidine groups is 1. The molecule has 0 spiro atoms. The van der Waals surface area contributed by atoms with Crippen LogP contribution in [0.25, 0.3) is 0 Å². The molecule has 30 heavy (non-hydrogen) atoms. The van der Waals surface area contributed by atoms with Gasteiger partial charge in [-0.05, 0) is 26.7 Å². The average molecular weight is 419 g/mol. The Bertz CT molecular complexity index is 687. The summed E-state index contributed by atoms with van der Waals surface area (Å²) < 4.78 is 2.09. The fraction of sp³-hybridized carbons (Fsp3) is 0.810. The third kappa shape index (κ3) is 6.68. The lowest BCUT2D eigenvalue weighted by Gasteiger charge is -2.37. The van der Waals surface area contributed by atoms with Crippen molar-refractivity contribution in [1.29, 1.82) is 0 Å². The lowest BCUT2D eigenvalue weighted by atomic mass is 10.2. The van der Waals surface area contributed by atoms with Crippen LogP contribution in [0.4, 0.5) is 0 Å². The Morgan fingerprint density at radius 2 is 1.97 bits per heavy atom. The van der Waals surface area contributed by atoms with Gasteiger partial charge in [0.25, 0.3) is 0 Å². The molecule has 168 valence electrons. The highest BCUT2D eigenvalue weighted by molar-refractivity contribution is 5.81. The Morgan fingerprint density at radius 1 is 1.23 bits per heavy atom. The van der Waals surface area contributed by atoms with Gasteiger partial charge in [-0.15, -0.1) is 10.2 Å². The molecule has 2 aliphatic rings. The smallest absolute Gasteiger partial charge is 0.234 e. The van der Waals surface area contributed by atoms with E-state index >= 15 is 0 Å². The molecule has 2 heterocycles. The summed E-state index contributed by atoms with van der Waals surface area (Å²) in [5.41, 5.74) is 0. The number of hydrogen-bond donors (Lipinski definition) is 2. The fourth-order valence-corrected chi connectivity index (χ4v) is 4.18. The molecule has 2 N–H and O–H groups in total. The minimum atomic E-state index is 0.108. The molecule has 1 aromatic rings. The molecule has 0 atom stereocenters. The third-order valence-electron chi connectivity index (χ3n) is 5.79. The zero-order valence-electron chi connectivity index (χ0n) is 18.8. The largest absolute Gasteiger partial charge is 0.354 e. The first-order valence-electron chi connectivity index (χ1n) is 11.5. The Kier molecular flexibility index (Phi) is 8.48. The number of amides is 1. The second-order valence-electron chi connectivity index (χ2n) is 8.61. The molecule has 3 rings (SSSR count). The number of nitrogens with zero attached hydrogens (tertiary/aromatic N) is 6. The SMILES string of the molecule is CCc1nncn1CCN=C(NC1CCCC1)N1CCN(CC(=O)NC(C)C)CC1. The van der Waals surface area contributed by atoms with Crippen molar-refractivity contribution >= 4 is 11.9 Å². The number of aromatic nitrogens is 3. The van der Waals surface area contributed by atoms with Gasteiger partial charge in [-0.25, -0.2) is 0 Å². The predicted octanol–water partition coefficient (Wildman–Crippen LogP) is 0.871. The molecule has 1 saturated carbocycles. The van der Waals surface area contributed by atoms with Gasteiger partial charge in [0.15, 0.2) is 5.96 Å². The molecule has 1 aliphatic carbocycles. The van der Waals surface area contributed by atoms with E-state index < -0.39 is 0 Å². The monoisotopic (exact) mass is 418 g/mol. The highest BCUT2D eigenvalue weighted by Crippen LogP contribution is 2.18. The number of hydrogen-bond acceptors (Lipinski definition) is 5. The van der Waals surface area contributed by atoms with Crippen molar-refractivity contribution in [2.45, 2.75) is 71.5 Å². The fourth-order valence-electron chi connectivity index (χ4n) is 4.18. The van der Waals surface area contributed by atoms with Gasteiger partial charge in [0.05, 0.1) is 13.1 Å². The summed E-state index contributed by atoms with van der Waals surface area (Å²) in [6.45, 7) is 11.6. The van der Waals surface area contributed by atoms with Crippen molar-refractivity contribution in [2.24, 2.45) is 4.99 Å². The molecule has 0 bridgehead atoms. The molecule has 0 radical (unpaired) electrons. The second kappa shape index (κ2) is 11.3. The summed E-state index contributed by atoms with van der Waals surface area (Å²) in [4.78, 5) is 21.6. The van der Waals surface area contributed by atoms with E-state index in [9.17, 15) is 4.79 Å². The van der Waals surface area contributed by atoms with Crippen molar-refractivity contribution in [3.05, 3.63) is 12.2 Å². The van der Waals surface area contributed by atoms with Gasteiger partial charge in [0.2, 0.25) is 5.91 Å². The molecule has 9 nitrogen and oxygen atoms in total. The topological polar surface area (TPSA) is 90.7 Å². The first-order chi connectivity index (χ1) is 14.5. The maximum absolute atomic E-state index is 12.1. The number of carbonyl (C=O) groups is 1. The van der Waals surface area contributed by atoms with Gasteiger partial charge in [0, 0.05) is 51.2 Å². The normalized spacial score (nSPS) is 18.9. The first kappa shape index (κ1) is 22.5. The lowest BCUT2D eigenvalue weighted by Crippen LogP contribution is -2.55. The molecule has 1 aromatic heterocycles. The Balaban J connectivity index is 1.55. The minimum absolute atomic E-state index is 0.108. The average Bonchev–Trinajstić information content (AvgIpc) is 3.39. The Hall–Kier alpha value is -2.16. The zero-order valence-corrected chi connectivity index (χ0v) is 18.8. The van der Waals surface area contributed by atoms with Gasteiger partial charge in [-0.3, -0.25) is 14.7 Å². The van der Waals surface area contributed by atoms with Crippen molar-refractivity contribution in [3.63, 3.8) is 0 Å².